The molecule has 0 saturated carbocycles. The number of aromatic nitrogens is 2. The maximum Gasteiger partial charge on any atom is 0.293 e. The number of ether oxygens (including phenoxy) is 1. The fourth-order valence-electron chi connectivity index (χ4n) is 3.23. The fraction of sp³-hybridized carbons (Fsp3) is 0.360. The molecule has 0 bridgehead atoms. The van der Waals surface area contributed by atoms with Crippen LogP contribution in [0, 0.1) is 5.41 Å². The smallest absolute Gasteiger partial charge is 0.293 e. The molecule has 1 unspecified atom stereocenters. The summed E-state index contributed by atoms with van der Waals surface area (Å²) in [5.41, 5.74) is 1.83. The van der Waals surface area contributed by atoms with Gasteiger partial charge in [0, 0.05) is 29.6 Å². The number of benzene rings is 1. The average Bonchev–Trinajstić information content (AvgIpc) is 2.83. The van der Waals surface area contributed by atoms with Crippen molar-refractivity contribution < 1.29 is 9.53 Å². The highest BCUT2D eigenvalue weighted by Crippen LogP contribution is 2.17. The van der Waals surface area contributed by atoms with Gasteiger partial charge in [-0.3, -0.25) is 9.59 Å². The molecular formula is C25H33N5O3S. The monoisotopic (exact) mass is 483 g/mol. The first-order chi connectivity index (χ1) is 16.3. The van der Waals surface area contributed by atoms with Crippen molar-refractivity contribution in [2.24, 2.45) is 0 Å². The molecule has 1 aromatic heterocycles. The summed E-state index contributed by atoms with van der Waals surface area (Å²) in [6.45, 7) is 8.05. The van der Waals surface area contributed by atoms with Gasteiger partial charge in [0.25, 0.3) is 5.56 Å². The zero-order valence-corrected chi connectivity index (χ0v) is 20.8. The molecule has 1 aromatic carbocycles. The van der Waals surface area contributed by atoms with Crippen LogP contribution >= 0.6 is 11.8 Å². The maximum absolute atomic E-state index is 13.0. The Morgan fingerprint density at radius 3 is 2.71 bits per heavy atom. The average molecular weight is 484 g/mol. The van der Waals surface area contributed by atoms with E-state index >= 15 is 0 Å². The van der Waals surface area contributed by atoms with Crippen LogP contribution in [0.4, 0.5) is 5.82 Å². The predicted octanol–water partition coefficient (Wildman–Crippen LogP) is 3.78. The Hall–Kier alpha value is -3.33. The number of ketones is 1. The van der Waals surface area contributed by atoms with Gasteiger partial charge in [-0.05, 0) is 25.0 Å². The van der Waals surface area contributed by atoms with Gasteiger partial charge in [0.05, 0.1) is 32.0 Å². The molecule has 2 rings (SSSR count). The molecule has 0 spiro atoms. The third-order valence-electron chi connectivity index (χ3n) is 4.95. The Morgan fingerprint density at radius 2 is 2.06 bits per heavy atom. The van der Waals surface area contributed by atoms with Gasteiger partial charge in [0.15, 0.2) is 11.6 Å². The van der Waals surface area contributed by atoms with Crippen LogP contribution in [0.3, 0.4) is 0 Å². The van der Waals surface area contributed by atoms with E-state index in [1.807, 2.05) is 37.3 Å². The summed E-state index contributed by atoms with van der Waals surface area (Å²) >= 11 is 1.58. The van der Waals surface area contributed by atoms with Crippen LogP contribution in [0.1, 0.15) is 31.9 Å². The van der Waals surface area contributed by atoms with Crippen LogP contribution in [0.15, 0.2) is 71.6 Å². The lowest BCUT2D eigenvalue weighted by molar-refractivity contribution is -0.115. The van der Waals surface area contributed by atoms with Gasteiger partial charge >= 0.3 is 0 Å². The van der Waals surface area contributed by atoms with E-state index in [2.05, 4.69) is 22.2 Å². The highest BCUT2D eigenvalue weighted by Gasteiger charge is 2.17. The number of nitrogens with one attached hydrogen (secondary N) is 3. The molecule has 0 fully saturated rings. The van der Waals surface area contributed by atoms with Crippen LogP contribution in [0.2, 0.25) is 0 Å². The number of hydrogen-bond donors (Lipinski definition) is 3. The van der Waals surface area contributed by atoms with Gasteiger partial charge in [-0.2, -0.15) is 0 Å². The normalized spacial score (nSPS) is 12.0. The van der Waals surface area contributed by atoms with Crippen molar-refractivity contribution in [1.82, 2.24) is 14.9 Å². The van der Waals surface area contributed by atoms with Crippen molar-refractivity contribution in [3.63, 3.8) is 0 Å². The number of allylic oxidation sites excluding steroid dienone is 2. The van der Waals surface area contributed by atoms with Gasteiger partial charge < -0.3 is 25.3 Å². The van der Waals surface area contributed by atoms with Crippen LogP contribution in [0.5, 0.6) is 0 Å². The summed E-state index contributed by atoms with van der Waals surface area (Å²) < 4.78 is 6.78. The van der Waals surface area contributed by atoms with Crippen molar-refractivity contribution in [1.29, 1.82) is 5.41 Å². The van der Waals surface area contributed by atoms with E-state index in [1.54, 1.807) is 41.7 Å². The molecular weight excluding hydrogens is 450 g/mol. The number of Topliss-reactive ketones (excluding diaryl/α,β-unsaturated/α-hetero) is 1. The number of nitrogens with zero attached hydrogens (tertiary/aromatic N) is 2. The van der Waals surface area contributed by atoms with Crippen molar-refractivity contribution >= 4 is 29.1 Å². The minimum Gasteiger partial charge on any atom is -0.499 e. The van der Waals surface area contributed by atoms with E-state index in [0.29, 0.717) is 29.3 Å². The Balaban J connectivity index is 1.94. The van der Waals surface area contributed by atoms with Crippen LogP contribution < -0.4 is 16.2 Å². The van der Waals surface area contributed by atoms with Crippen molar-refractivity contribution in [2.75, 3.05) is 31.3 Å². The van der Waals surface area contributed by atoms with E-state index in [0.717, 1.165) is 5.75 Å². The Bertz CT molecular complexity index is 1070. The molecule has 0 aliphatic heterocycles. The molecule has 9 heteroatoms. The van der Waals surface area contributed by atoms with Gasteiger partial charge in [0.2, 0.25) is 0 Å². The van der Waals surface area contributed by atoms with Gasteiger partial charge in [-0.25, -0.2) is 4.98 Å². The molecule has 0 amide bonds. The first-order valence-electron chi connectivity index (χ1n) is 11.0. The summed E-state index contributed by atoms with van der Waals surface area (Å²) in [4.78, 5) is 29.5. The second-order valence-corrected chi connectivity index (χ2v) is 8.65. The van der Waals surface area contributed by atoms with Crippen LogP contribution in [0.25, 0.3) is 0 Å². The summed E-state index contributed by atoms with van der Waals surface area (Å²) in [6, 6.07) is 9.70. The molecule has 0 radical (unpaired) electrons. The largest absolute Gasteiger partial charge is 0.499 e. The summed E-state index contributed by atoms with van der Waals surface area (Å²) in [5, 5.41) is 13.6. The molecule has 0 aliphatic carbocycles. The highest BCUT2D eigenvalue weighted by atomic mass is 32.2. The standard InChI is InChI=1S/C25H33N5O3S/c1-5-23(19(3)28-14-21(31)17-34-16-20-9-7-6-8-10-20)30-12-11-27-24(25(30)32)29-15-22(33-4)13-18(2)26/h6-13,23,26,28H,3,5,14-17H2,1-2,4H3,(H,27,29)/b22-13-,26-18?. The third-order valence-corrected chi connectivity index (χ3v) is 6.01. The number of thioether (sulfide) groups is 1. The number of carbonyl (C=O) groups is 1. The topological polar surface area (TPSA) is 109 Å². The molecule has 0 saturated heterocycles. The fourth-order valence-corrected chi connectivity index (χ4v) is 4.09. The SMILES string of the molecule is C=C(NCC(=O)CSCc1ccccc1)C(CC)n1ccnc(NC/C(=C/C(C)=N)OC)c1=O. The molecule has 182 valence electrons. The number of hydrogen-bond acceptors (Lipinski definition) is 8. The summed E-state index contributed by atoms with van der Waals surface area (Å²) in [7, 11) is 1.51. The molecule has 0 aliphatic rings. The Morgan fingerprint density at radius 1 is 1.32 bits per heavy atom. The first-order valence-corrected chi connectivity index (χ1v) is 12.2. The van der Waals surface area contributed by atoms with E-state index in [-0.39, 0.29) is 36.3 Å². The molecule has 3 N–H and O–H groups in total. The number of methoxy groups -OCH3 is 1. The number of rotatable bonds is 15. The zero-order chi connectivity index (χ0) is 24.9. The van der Waals surface area contributed by atoms with Gasteiger partial charge in [0.1, 0.15) is 5.76 Å². The number of anilines is 1. The lowest BCUT2D eigenvalue weighted by atomic mass is 10.1. The van der Waals surface area contributed by atoms with Crippen molar-refractivity contribution in [3.8, 4) is 0 Å². The van der Waals surface area contributed by atoms with Crippen molar-refractivity contribution in [3.05, 3.63) is 82.8 Å². The Kier molecular flexibility index (Phi) is 11.1. The van der Waals surface area contributed by atoms with Crippen molar-refractivity contribution in [2.45, 2.75) is 32.1 Å². The second-order valence-electron chi connectivity index (χ2n) is 7.66. The third kappa shape index (κ3) is 8.55. The summed E-state index contributed by atoms with van der Waals surface area (Å²) in [5.74, 6) is 1.95. The number of carbonyl (C=O) groups excluding carboxylic acids is 1. The van der Waals surface area contributed by atoms with E-state index in [4.69, 9.17) is 10.1 Å². The van der Waals surface area contributed by atoms with E-state index < -0.39 is 0 Å². The first kappa shape index (κ1) is 26.9. The van der Waals surface area contributed by atoms with Gasteiger partial charge in [-0.1, -0.05) is 43.8 Å². The predicted molar refractivity (Wildman–Crippen MR) is 140 cm³/mol. The maximum atomic E-state index is 13.0. The quantitative estimate of drug-likeness (QED) is 0.261. The molecule has 1 atom stereocenters. The summed E-state index contributed by atoms with van der Waals surface area (Å²) in [6.07, 6.45) is 5.34. The van der Waals surface area contributed by atoms with E-state index in [1.165, 1.54) is 12.7 Å². The van der Waals surface area contributed by atoms with Crippen LogP contribution in [-0.2, 0) is 15.3 Å². The highest BCUT2D eigenvalue weighted by molar-refractivity contribution is 7.99. The van der Waals surface area contributed by atoms with E-state index in [9.17, 15) is 9.59 Å². The second kappa shape index (κ2) is 14.0. The minimum absolute atomic E-state index is 0.0711. The lowest BCUT2D eigenvalue weighted by Gasteiger charge is -2.22. The molecule has 8 nitrogen and oxygen atoms in total. The molecule has 1 heterocycles. The molecule has 2 aromatic rings. The lowest BCUT2D eigenvalue weighted by Crippen LogP contribution is -2.33. The van der Waals surface area contributed by atoms with Crippen LogP contribution in [-0.4, -0.2) is 47.0 Å². The van der Waals surface area contributed by atoms with Gasteiger partial charge in [-0.15, -0.1) is 11.8 Å². The molecule has 34 heavy (non-hydrogen) atoms. The Labute approximate surface area is 205 Å². The minimum atomic E-state index is -0.331. The zero-order valence-electron chi connectivity index (χ0n) is 20.0.